The lowest BCUT2D eigenvalue weighted by molar-refractivity contribution is -0.138. The van der Waals surface area contributed by atoms with E-state index in [1.165, 1.54) is 41.5 Å². The van der Waals surface area contributed by atoms with Crippen molar-refractivity contribution in [2.75, 3.05) is 33.1 Å². The van der Waals surface area contributed by atoms with E-state index in [1.807, 2.05) is 54.6 Å². The van der Waals surface area contributed by atoms with Crippen molar-refractivity contribution in [2.24, 2.45) is 5.92 Å². The van der Waals surface area contributed by atoms with Gasteiger partial charge < -0.3 is 63.0 Å². The van der Waals surface area contributed by atoms with Crippen molar-refractivity contribution in [3.05, 3.63) is 240 Å². The molecule has 0 aliphatic heterocycles. The minimum absolute atomic E-state index is 0.0192. The Morgan fingerprint density at radius 3 is 1.62 bits per heavy atom. The van der Waals surface area contributed by atoms with Crippen LogP contribution in [0.3, 0.4) is 0 Å². The predicted molar refractivity (Wildman–Crippen MR) is 401 cm³/mol. The van der Waals surface area contributed by atoms with Gasteiger partial charge in [0.25, 0.3) is 29.5 Å². The van der Waals surface area contributed by atoms with Gasteiger partial charge in [0.2, 0.25) is 0 Å². The number of nitrogens with zero attached hydrogens (tertiary/aromatic N) is 6. The number of amides is 5. The maximum absolute atomic E-state index is 12.9. The van der Waals surface area contributed by atoms with Gasteiger partial charge in [-0.2, -0.15) is 22.0 Å². The summed E-state index contributed by atoms with van der Waals surface area (Å²) in [6.07, 6.45) is 17.2. The Labute approximate surface area is 644 Å². The van der Waals surface area contributed by atoms with E-state index in [0.717, 1.165) is 203 Å². The first-order valence-corrected chi connectivity index (χ1v) is 38.1. The van der Waals surface area contributed by atoms with Crippen LogP contribution in [0.5, 0.6) is 17.2 Å². The fourth-order valence-corrected chi connectivity index (χ4v) is 14.8. The maximum Gasteiger partial charge on any atom is 0.416 e. The smallest absolute Gasteiger partial charge is 0.416 e. The number of halogens is 5. The van der Waals surface area contributed by atoms with E-state index < -0.39 is 30.2 Å². The Balaban J connectivity index is 0.000000130. The van der Waals surface area contributed by atoms with Crippen LogP contribution in [0.15, 0.2) is 144 Å². The zero-order valence-corrected chi connectivity index (χ0v) is 63.0. The van der Waals surface area contributed by atoms with Gasteiger partial charge in [-0.05, 0) is 180 Å². The van der Waals surface area contributed by atoms with E-state index in [2.05, 4.69) is 76.9 Å². The summed E-state index contributed by atoms with van der Waals surface area (Å²) in [4.78, 5) is 63.7. The largest absolute Gasteiger partial charge is 0.493 e. The van der Waals surface area contributed by atoms with Gasteiger partial charge in [0.1, 0.15) is 34.6 Å². The molecule has 0 saturated heterocycles. The van der Waals surface area contributed by atoms with Crippen molar-refractivity contribution in [1.29, 1.82) is 0 Å². The van der Waals surface area contributed by atoms with Gasteiger partial charge in [-0.25, -0.2) is 0 Å². The highest BCUT2D eigenvalue weighted by Crippen LogP contribution is 2.36. The van der Waals surface area contributed by atoms with Crippen LogP contribution in [0.25, 0.3) is 0 Å². The second kappa shape index (κ2) is 38.0. The number of aryl methyl sites for hydroxylation is 6. The summed E-state index contributed by atoms with van der Waals surface area (Å²) in [5.41, 5.74) is 10.6. The van der Waals surface area contributed by atoms with Gasteiger partial charge in [0.05, 0.1) is 31.5 Å². The molecule has 590 valence electrons. The molecule has 6 aliphatic carbocycles. The number of fused-ring (bicyclic) bond motifs is 6. The van der Waals surface area contributed by atoms with Crippen LogP contribution in [0.2, 0.25) is 0 Å². The van der Waals surface area contributed by atoms with Crippen molar-refractivity contribution in [3.8, 4) is 17.2 Å². The summed E-state index contributed by atoms with van der Waals surface area (Å²) in [6.45, 7) is 0.121. The topological polar surface area (TPSA) is 295 Å². The number of alkyl halides is 5. The summed E-state index contributed by atoms with van der Waals surface area (Å²) in [5.74, 6) is 4.64. The number of aromatic nitrogens is 5. The van der Waals surface area contributed by atoms with Crippen LogP contribution in [0, 0.1) is 5.92 Å². The van der Waals surface area contributed by atoms with Crippen LogP contribution >= 0.6 is 0 Å². The predicted octanol–water partition coefficient (Wildman–Crippen LogP) is 15.9. The standard InChI is InChI=1S/C19H24N2O4.C18H20N2O2.C16H15F3N2O2.C16H18N2O2.C15H14F2N2O3/c1-12-4-6-15-14(10-12)18(21-25-15)19(22)20-9-8-13-5-7-16(23-2)17(11-13)24-3;21-18(17-14-9-3-4-11-16(14)22-20-17)19-15-10-5-7-12-6-1-2-8-13(12)15;17-16(18,19)12-7-3-1-5-10(12)9-20-15(22)14-11-6-2-4-8-13(11)23-21-14;1-18(11-12-7-3-2-4-8-12)16(19)15-13-9-5-6-10-14(13)20-17-15;16-15(17)21-12-8-4-2-6-10(12)18-14(20)13-9-5-1-3-7-11(9)22-19-13/h5,7,11-12H,4,6,8-10H2,1-3H3,(H,20,22);1-2,6,8,15H,3-5,7,9-11H2,(H,19,21);1,3,5,7H,2,4,6,8-9H2,(H,20,22);2-4,7-8H,5-6,9-11H2,1H3;2,4,6,8,15H,1,3,5,7H2,(H,18,20). The molecule has 5 aromatic carbocycles. The van der Waals surface area contributed by atoms with Crippen LogP contribution in [0.1, 0.15) is 226 Å². The Bertz CT molecular complexity index is 4870. The normalized spacial score (nSPS) is 15.7. The lowest BCUT2D eigenvalue weighted by Gasteiger charge is -2.26. The first-order chi connectivity index (χ1) is 54.3. The van der Waals surface area contributed by atoms with E-state index in [1.54, 1.807) is 38.3 Å². The van der Waals surface area contributed by atoms with Gasteiger partial charge in [-0.1, -0.05) is 124 Å². The quantitative estimate of drug-likeness (QED) is 0.0580. The summed E-state index contributed by atoms with van der Waals surface area (Å²) < 4.78 is 105. The van der Waals surface area contributed by atoms with Crippen molar-refractivity contribution in [3.63, 3.8) is 0 Å². The number of rotatable bonds is 18. The third-order valence-corrected chi connectivity index (χ3v) is 20.7. The van der Waals surface area contributed by atoms with E-state index in [-0.39, 0.29) is 58.7 Å². The molecular formula is C84H91F5N10O13. The van der Waals surface area contributed by atoms with Crippen LogP contribution in [0.4, 0.5) is 27.6 Å². The third-order valence-electron chi connectivity index (χ3n) is 20.7. The number of ether oxygens (including phenoxy) is 3. The number of carbonyl (C=O) groups excluding carboxylic acids is 5. The third kappa shape index (κ3) is 20.2. The SMILES string of the molecule is CN(Cc1ccccc1)C(=O)c1noc2c1CCCC2.COc1ccc(CCNC(=O)c2noc3c2CC(C)CC3)cc1OC.O=C(NC1CCCc2ccccc21)c1noc2c1CCCC2.O=C(NCc1ccccc1C(F)(F)F)c1noc2c1CCCC2.O=C(Nc1ccccc1OC(F)F)c1noc2c1CCCC2. The fourth-order valence-electron chi connectivity index (χ4n) is 14.8. The zero-order chi connectivity index (χ0) is 78.7. The molecule has 28 heteroatoms. The average Bonchev–Trinajstić information content (AvgIpc) is 1.58. The van der Waals surface area contributed by atoms with Gasteiger partial charge in [0.15, 0.2) is 40.0 Å². The van der Waals surface area contributed by atoms with E-state index >= 15 is 0 Å². The molecule has 2 unspecified atom stereocenters. The van der Waals surface area contributed by atoms with Crippen molar-refractivity contribution >= 4 is 35.2 Å². The van der Waals surface area contributed by atoms with Gasteiger partial charge in [0, 0.05) is 86.6 Å². The molecule has 5 amide bonds. The first-order valence-electron chi connectivity index (χ1n) is 38.1. The van der Waals surface area contributed by atoms with Crippen LogP contribution < -0.4 is 35.5 Å². The summed E-state index contributed by atoms with van der Waals surface area (Å²) in [6, 6.07) is 35.4. The molecule has 6 aliphatic rings. The molecule has 0 spiro atoms. The molecular weight excluding hydrogens is 1450 g/mol. The molecule has 4 N–H and O–H groups in total. The highest BCUT2D eigenvalue weighted by atomic mass is 19.4. The fraction of sp³-hybridized carbons (Fsp3) is 0.405. The molecule has 23 nitrogen and oxygen atoms in total. The van der Waals surface area contributed by atoms with Crippen LogP contribution in [-0.2, 0) is 96.3 Å². The second-order valence-corrected chi connectivity index (χ2v) is 28.5. The summed E-state index contributed by atoms with van der Waals surface area (Å²) in [5, 5.41) is 30.7. The van der Waals surface area contributed by atoms with Gasteiger partial charge in [-0.3, -0.25) is 24.0 Å². The summed E-state index contributed by atoms with van der Waals surface area (Å²) >= 11 is 0. The Kier molecular flexibility index (Phi) is 27.2. The molecule has 10 aromatic rings. The van der Waals surface area contributed by atoms with Gasteiger partial charge in [-0.15, -0.1) is 0 Å². The zero-order valence-electron chi connectivity index (χ0n) is 63.0. The minimum Gasteiger partial charge on any atom is -0.493 e. The molecule has 5 heterocycles. The first kappa shape index (κ1) is 80.1. The number of anilines is 1. The number of benzene rings is 5. The summed E-state index contributed by atoms with van der Waals surface area (Å²) in [7, 11) is 5.02. The molecule has 0 radical (unpaired) electrons. The maximum atomic E-state index is 12.9. The molecule has 0 saturated carbocycles. The molecule has 0 bridgehead atoms. The van der Waals surface area contributed by atoms with E-state index in [4.69, 9.17) is 32.1 Å². The number of hydrogen-bond donors (Lipinski definition) is 4. The number of methoxy groups -OCH3 is 2. The Morgan fingerprint density at radius 2 is 1.02 bits per heavy atom. The van der Waals surface area contributed by atoms with Crippen molar-refractivity contribution in [1.82, 2.24) is 46.6 Å². The van der Waals surface area contributed by atoms with Crippen LogP contribution in [-0.4, -0.2) is 94.6 Å². The molecule has 0 fully saturated rings. The number of nitrogens with one attached hydrogen (secondary N) is 4. The van der Waals surface area contributed by atoms with E-state index in [9.17, 15) is 45.9 Å². The molecule has 112 heavy (non-hydrogen) atoms. The second-order valence-electron chi connectivity index (χ2n) is 28.5. The number of hydrogen-bond acceptors (Lipinski definition) is 18. The molecule has 16 rings (SSSR count). The van der Waals surface area contributed by atoms with Crippen molar-refractivity contribution < 1.29 is 82.8 Å². The minimum atomic E-state index is -4.45. The number of carbonyl (C=O) groups is 5. The Hall–Kier alpha value is -11.5. The highest BCUT2D eigenvalue weighted by molar-refractivity contribution is 6.05. The van der Waals surface area contributed by atoms with Crippen molar-refractivity contribution in [2.45, 2.75) is 187 Å². The van der Waals surface area contributed by atoms with Gasteiger partial charge >= 0.3 is 12.8 Å². The molecule has 2 atom stereocenters. The number of para-hydroxylation sites is 2. The molecule has 5 aromatic heterocycles. The van der Waals surface area contributed by atoms with E-state index in [0.29, 0.717) is 66.2 Å². The lowest BCUT2D eigenvalue weighted by atomic mass is 9.87. The highest BCUT2D eigenvalue weighted by Gasteiger charge is 2.35. The Morgan fingerprint density at radius 1 is 0.509 bits per heavy atom. The lowest BCUT2D eigenvalue weighted by Crippen LogP contribution is -2.31. The monoisotopic (exact) mass is 1540 g/mol. The average molecular weight is 1540 g/mol.